The Morgan fingerprint density at radius 1 is 1.45 bits per heavy atom. The molecule has 2 rings (SSSR count). The lowest BCUT2D eigenvalue weighted by Crippen LogP contribution is -2.42. The van der Waals surface area contributed by atoms with Gasteiger partial charge in [0, 0.05) is 13.1 Å². The normalized spacial score (nSPS) is 20.8. The lowest BCUT2D eigenvalue weighted by Gasteiger charge is -2.29. The fourth-order valence-corrected chi connectivity index (χ4v) is 3.93. The van der Waals surface area contributed by atoms with Crippen LogP contribution < -0.4 is 0 Å². The molecule has 1 fully saturated rings. The molecule has 0 spiro atoms. The highest BCUT2D eigenvalue weighted by Crippen LogP contribution is 2.26. The van der Waals surface area contributed by atoms with Crippen molar-refractivity contribution < 1.29 is 22.7 Å². The molecule has 1 aromatic carbocycles. The van der Waals surface area contributed by atoms with Gasteiger partial charge in [-0.25, -0.2) is 12.8 Å². The van der Waals surface area contributed by atoms with Crippen LogP contribution in [-0.2, 0) is 14.8 Å². The molecule has 0 bridgehead atoms. The van der Waals surface area contributed by atoms with Gasteiger partial charge in [0.2, 0.25) is 10.0 Å². The molecule has 1 aliphatic rings. The van der Waals surface area contributed by atoms with Gasteiger partial charge < -0.3 is 5.11 Å². The summed E-state index contributed by atoms with van der Waals surface area (Å²) in [4.78, 5) is 10.8. The summed E-state index contributed by atoms with van der Waals surface area (Å²) in [5, 5.41) is 8.99. The summed E-state index contributed by atoms with van der Waals surface area (Å²) in [5.74, 6) is -2.39. The van der Waals surface area contributed by atoms with E-state index in [4.69, 9.17) is 5.11 Å². The predicted molar refractivity (Wildman–Crippen MR) is 73.2 cm³/mol. The number of nitrogens with zero attached hydrogens (tertiary/aromatic N) is 1. The first-order valence-electron chi connectivity index (χ1n) is 6.00. The zero-order chi connectivity index (χ0) is 14.9. The number of piperidine rings is 1. The van der Waals surface area contributed by atoms with E-state index in [-0.39, 0.29) is 22.5 Å². The summed E-state index contributed by atoms with van der Waals surface area (Å²) in [6.45, 7) is 0.180. The Hall–Kier alpha value is -0.990. The molecular weight excluding hydrogens is 353 g/mol. The van der Waals surface area contributed by atoms with Crippen molar-refractivity contribution in [3.05, 3.63) is 28.5 Å². The van der Waals surface area contributed by atoms with Gasteiger partial charge in [-0.15, -0.1) is 0 Å². The number of sulfonamides is 1. The monoisotopic (exact) mass is 365 g/mol. The van der Waals surface area contributed by atoms with Crippen LogP contribution in [0.2, 0.25) is 0 Å². The summed E-state index contributed by atoms with van der Waals surface area (Å²) in [6.07, 6.45) is 0.936. The zero-order valence-electron chi connectivity index (χ0n) is 10.4. The van der Waals surface area contributed by atoms with Crippen LogP contribution in [0.5, 0.6) is 0 Å². The number of halogens is 2. The van der Waals surface area contributed by atoms with Crippen LogP contribution in [0.25, 0.3) is 0 Å². The third-order valence-corrected chi connectivity index (χ3v) is 5.77. The molecule has 0 amide bonds. The Kier molecular flexibility index (Phi) is 4.46. The van der Waals surface area contributed by atoms with Crippen LogP contribution in [-0.4, -0.2) is 36.9 Å². The minimum atomic E-state index is -3.86. The van der Waals surface area contributed by atoms with Crippen LogP contribution >= 0.6 is 15.9 Å². The fraction of sp³-hybridized carbons (Fsp3) is 0.417. The number of rotatable bonds is 3. The summed E-state index contributed by atoms with van der Waals surface area (Å²) in [6, 6.07) is 3.55. The molecule has 0 saturated carbocycles. The van der Waals surface area contributed by atoms with Crippen LogP contribution in [0.3, 0.4) is 0 Å². The largest absolute Gasteiger partial charge is 0.481 e. The topological polar surface area (TPSA) is 74.7 Å². The van der Waals surface area contributed by atoms with Crippen LogP contribution in [0, 0.1) is 11.7 Å². The van der Waals surface area contributed by atoms with E-state index in [1.807, 2.05) is 0 Å². The SMILES string of the molecule is O=C(O)[C@H]1CCCN(S(=O)(=O)c2ccc(Br)c(F)c2)C1. The minimum Gasteiger partial charge on any atom is -0.481 e. The Morgan fingerprint density at radius 3 is 2.75 bits per heavy atom. The second-order valence-corrected chi connectivity index (χ2v) is 7.41. The van der Waals surface area contributed by atoms with Crippen LogP contribution in [0.4, 0.5) is 4.39 Å². The molecule has 0 radical (unpaired) electrons. The number of carboxylic acids is 1. The number of carbonyl (C=O) groups is 1. The van der Waals surface area contributed by atoms with Gasteiger partial charge in [-0.1, -0.05) is 0 Å². The molecular formula is C12H13BrFNO4S. The maximum Gasteiger partial charge on any atom is 0.307 e. The molecule has 1 atom stereocenters. The maximum absolute atomic E-state index is 13.5. The molecule has 1 N–H and O–H groups in total. The smallest absolute Gasteiger partial charge is 0.307 e. The number of benzene rings is 1. The van der Waals surface area contributed by atoms with Crippen molar-refractivity contribution in [3.8, 4) is 0 Å². The highest BCUT2D eigenvalue weighted by Gasteiger charge is 2.33. The van der Waals surface area contributed by atoms with Gasteiger partial charge in [-0.2, -0.15) is 4.31 Å². The Labute approximate surface area is 124 Å². The summed E-state index contributed by atoms with van der Waals surface area (Å²) < 4.78 is 39.5. The zero-order valence-corrected chi connectivity index (χ0v) is 12.8. The van der Waals surface area contributed by atoms with Crippen molar-refractivity contribution in [3.63, 3.8) is 0 Å². The number of hydrogen-bond donors (Lipinski definition) is 1. The van der Waals surface area contributed by atoms with E-state index in [0.29, 0.717) is 12.8 Å². The standard InChI is InChI=1S/C12H13BrFNO4S/c13-10-4-3-9(6-11(10)14)20(18,19)15-5-1-2-8(7-15)12(16)17/h3-4,6,8H,1-2,5,7H2,(H,16,17)/t8-/m0/s1. The van der Waals surface area contributed by atoms with Crippen molar-refractivity contribution in [1.29, 1.82) is 0 Å². The van der Waals surface area contributed by atoms with Crippen molar-refractivity contribution in [2.24, 2.45) is 5.92 Å². The average molecular weight is 366 g/mol. The van der Waals surface area contributed by atoms with Crippen molar-refractivity contribution in [2.45, 2.75) is 17.7 Å². The first kappa shape index (κ1) is 15.4. The molecule has 0 aliphatic carbocycles. The molecule has 1 saturated heterocycles. The molecule has 0 aromatic heterocycles. The average Bonchev–Trinajstić information content (AvgIpc) is 2.42. The number of carboxylic acid groups (broad SMARTS) is 1. The summed E-state index contributed by atoms with van der Waals surface area (Å²) in [7, 11) is -3.86. The molecule has 1 aliphatic heterocycles. The highest BCUT2D eigenvalue weighted by atomic mass is 79.9. The number of aliphatic carboxylic acids is 1. The van der Waals surface area contributed by atoms with Gasteiger partial charge >= 0.3 is 5.97 Å². The van der Waals surface area contributed by atoms with Gasteiger partial charge in [0.15, 0.2) is 0 Å². The lowest BCUT2D eigenvalue weighted by atomic mass is 10.0. The molecule has 20 heavy (non-hydrogen) atoms. The van der Waals surface area contributed by atoms with E-state index < -0.39 is 27.7 Å². The van der Waals surface area contributed by atoms with Crippen molar-refractivity contribution >= 4 is 31.9 Å². The van der Waals surface area contributed by atoms with E-state index >= 15 is 0 Å². The first-order chi connectivity index (χ1) is 9.32. The van der Waals surface area contributed by atoms with Gasteiger partial charge in [-0.3, -0.25) is 4.79 Å². The molecule has 5 nitrogen and oxygen atoms in total. The second kappa shape index (κ2) is 5.79. The summed E-state index contributed by atoms with van der Waals surface area (Å²) in [5.41, 5.74) is 0. The molecule has 1 heterocycles. The highest BCUT2D eigenvalue weighted by molar-refractivity contribution is 9.10. The Balaban J connectivity index is 2.29. The first-order valence-corrected chi connectivity index (χ1v) is 8.23. The summed E-state index contributed by atoms with van der Waals surface area (Å²) >= 11 is 2.96. The van der Waals surface area contributed by atoms with E-state index in [1.165, 1.54) is 12.1 Å². The molecule has 110 valence electrons. The van der Waals surface area contributed by atoms with Gasteiger partial charge in [-0.05, 0) is 47.0 Å². The van der Waals surface area contributed by atoms with Gasteiger partial charge in [0.05, 0.1) is 15.3 Å². The fourth-order valence-electron chi connectivity index (χ4n) is 2.15. The predicted octanol–water partition coefficient (Wildman–Crippen LogP) is 2.07. The lowest BCUT2D eigenvalue weighted by molar-refractivity contribution is -0.142. The minimum absolute atomic E-state index is 0.0741. The van der Waals surface area contributed by atoms with Gasteiger partial charge in [0.1, 0.15) is 5.82 Å². The third-order valence-electron chi connectivity index (χ3n) is 3.26. The van der Waals surface area contributed by atoms with Gasteiger partial charge in [0.25, 0.3) is 0 Å². The number of hydrogen-bond acceptors (Lipinski definition) is 3. The Bertz CT molecular complexity index is 634. The van der Waals surface area contributed by atoms with E-state index in [0.717, 1.165) is 10.4 Å². The molecule has 0 unspecified atom stereocenters. The quantitative estimate of drug-likeness (QED) is 0.889. The van der Waals surface area contributed by atoms with E-state index in [1.54, 1.807) is 0 Å². The molecule has 8 heteroatoms. The van der Waals surface area contributed by atoms with Crippen LogP contribution in [0.15, 0.2) is 27.6 Å². The molecule has 1 aromatic rings. The maximum atomic E-state index is 13.5. The van der Waals surface area contributed by atoms with E-state index in [9.17, 15) is 17.6 Å². The van der Waals surface area contributed by atoms with E-state index in [2.05, 4.69) is 15.9 Å². The third kappa shape index (κ3) is 3.02. The second-order valence-electron chi connectivity index (χ2n) is 4.62. The van der Waals surface area contributed by atoms with Crippen molar-refractivity contribution in [1.82, 2.24) is 4.31 Å². The Morgan fingerprint density at radius 2 is 2.15 bits per heavy atom. The van der Waals surface area contributed by atoms with Crippen LogP contribution in [0.1, 0.15) is 12.8 Å². The van der Waals surface area contributed by atoms with Crippen molar-refractivity contribution in [2.75, 3.05) is 13.1 Å².